The zero-order valence-corrected chi connectivity index (χ0v) is 24.9. The first-order valence-electron chi connectivity index (χ1n) is 15.0. The van der Waals surface area contributed by atoms with E-state index in [4.69, 9.17) is 9.47 Å². The molecular formula is C35H40N4O4. The molecular weight excluding hydrogens is 540 g/mol. The van der Waals surface area contributed by atoms with E-state index in [0.717, 1.165) is 55.0 Å². The first-order chi connectivity index (χ1) is 21.1. The topological polar surface area (TPSA) is 83.1 Å². The summed E-state index contributed by atoms with van der Waals surface area (Å²) in [6.45, 7) is 3.67. The standard InChI is InChI=1S/C35H40N4O4/c1-42-30-18-16-29(17-19-30)37-35(41)38-22-6-7-23-39-31(24-36-21-20-33(40)43-2)34(32(39)25-38)28-14-12-27(13-15-28)11-10-26-8-4-3-5-9-26/h3-5,8-9,12-19,31-32,34,36H,6-7,20-25H2,1-2H3,(H,37,41)/t31-,32+,34+/m1/s1. The lowest BCUT2D eigenvalue weighted by Crippen LogP contribution is -2.69. The van der Waals surface area contributed by atoms with Crippen molar-refractivity contribution in [1.82, 2.24) is 15.1 Å². The highest BCUT2D eigenvalue weighted by molar-refractivity contribution is 5.89. The van der Waals surface area contributed by atoms with Crippen LogP contribution in [-0.4, -0.2) is 80.8 Å². The molecule has 0 spiro atoms. The zero-order chi connectivity index (χ0) is 30.0. The third-order valence-corrected chi connectivity index (χ3v) is 8.32. The number of rotatable bonds is 8. The molecule has 2 aliphatic heterocycles. The molecule has 3 aromatic carbocycles. The number of carbonyl (C=O) groups is 2. The van der Waals surface area contributed by atoms with Gasteiger partial charge in [0.05, 0.1) is 20.6 Å². The van der Waals surface area contributed by atoms with E-state index in [1.807, 2.05) is 59.5 Å². The Balaban J connectivity index is 1.32. The molecule has 224 valence electrons. The number of amides is 2. The normalized spacial score (nSPS) is 19.9. The predicted molar refractivity (Wildman–Crippen MR) is 168 cm³/mol. The Hall–Kier alpha value is -4.32. The van der Waals surface area contributed by atoms with Crippen molar-refractivity contribution in [2.24, 2.45) is 0 Å². The minimum atomic E-state index is -0.215. The lowest BCUT2D eigenvalue weighted by molar-refractivity contribution is -0.140. The maximum Gasteiger partial charge on any atom is 0.321 e. The number of fused-ring (bicyclic) bond motifs is 1. The van der Waals surface area contributed by atoms with Crippen molar-refractivity contribution < 1.29 is 19.1 Å². The minimum absolute atomic E-state index is 0.0862. The van der Waals surface area contributed by atoms with Crippen molar-refractivity contribution >= 4 is 17.7 Å². The SMILES string of the molecule is COC(=O)CCNC[C@@H]1[C@H](c2ccc(C#Cc3ccccc3)cc2)[C@@H]2CN(C(=O)Nc3ccc(OC)cc3)CCCCN12. The van der Waals surface area contributed by atoms with E-state index in [-0.39, 0.29) is 30.0 Å². The molecule has 2 saturated heterocycles. The monoisotopic (exact) mass is 580 g/mol. The fraction of sp³-hybridized carbons (Fsp3) is 0.371. The second-order valence-corrected chi connectivity index (χ2v) is 11.0. The Morgan fingerprint density at radius 3 is 2.28 bits per heavy atom. The molecule has 2 fully saturated rings. The Kier molecular flexibility index (Phi) is 10.3. The van der Waals surface area contributed by atoms with E-state index in [1.165, 1.54) is 12.7 Å². The van der Waals surface area contributed by atoms with Gasteiger partial charge < -0.3 is 25.0 Å². The zero-order valence-electron chi connectivity index (χ0n) is 24.9. The summed E-state index contributed by atoms with van der Waals surface area (Å²) >= 11 is 0. The second-order valence-electron chi connectivity index (χ2n) is 11.0. The van der Waals surface area contributed by atoms with Gasteiger partial charge in [0.1, 0.15) is 5.75 Å². The summed E-state index contributed by atoms with van der Waals surface area (Å²) in [5, 5.41) is 6.55. The van der Waals surface area contributed by atoms with Gasteiger partial charge in [0, 0.05) is 61.0 Å². The Morgan fingerprint density at radius 2 is 1.58 bits per heavy atom. The highest BCUT2D eigenvalue weighted by Crippen LogP contribution is 2.42. The highest BCUT2D eigenvalue weighted by atomic mass is 16.5. The molecule has 2 aliphatic rings. The number of anilines is 1. The molecule has 0 unspecified atom stereocenters. The number of benzene rings is 3. The van der Waals surface area contributed by atoms with Crippen molar-refractivity contribution in [2.45, 2.75) is 37.3 Å². The molecule has 5 rings (SSSR count). The van der Waals surface area contributed by atoms with Crippen molar-refractivity contribution in [3.63, 3.8) is 0 Å². The van der Waals surface area contributed by atoms with Crippen molar-refractivity contribution in [2.75, 3.05) is 52.3 Å². The fourth-order valence-corrected chi connectivity index (χ4v) is 6.02. The maximum atomic E-state index is 13.4. The lowest BCUT2D eigenvalue weighted by Gasteiger charge is -2.57. The number of nitrogens with one attached hydrogen (secondary N) is 2. The van der Waals surface area contributed by atoms with Crippen LogP contribution in [-0.2, 0) is 9.53 Å². The van der Waals surface area contributed by atoms with Crippen LogP contribution in [0.1, 0.15) is 41.9 Å². The van der Waals surface area contributed by atoms with E-state index >= 15 is 0 Å². The maximum absolute atomic E-state index is 13.4. The number of esters is 1. The summed E-state index contributed by atoms with van der Waals surface area (Å²) in [6.07, 6.45) is 2.30. The number of carbonyl (C=O) groups excluding carboxylic acids is 2. The molecule has 0 aromatic heterocycles. The van der Waals surface area contributed by atoms with Gasteiger partial charge in [0.15, 0.2) is 0 Å². The largest absolute Gasteiger partial charge is 0.497 e. The molecule has 2 N–H and O–H groups in total. The van der Waals surface area contributed by atoms with Crippen LogP contribution in [0.2, 0.25) is 0 Å². The van der Waals surface area contributed by atoms with Crippen LogP contribution in [0, 0.1) is 11.8 Å². The number of nitrogens with zero attached hydrogens (tertiary/aromatic N) is 2. The summed E-state index contributed by atoms with van der Waals surface area (Å²) in [6, 6.07) is 26.3. The second kappa shape index (κ2) is 14.7. The van der Waals surface area contributed by atoms with Gasteiger partial charge in [-0.05, 0) is 73.5 Å². The first-order valence-corrected chi connectivity index (χ1v) is 15.0. The van der Waals surface area contributed by atoms with Crippen LogP contribution in [0.4, 0.5) is 10.5 Å². The van der Waals surface area contributed by atoms with Gasteiger partial charge in [-0.1, -0.05) is 42.2 Å². The summed E-state index contributed by atoms with van der Waals surface area (Å²) < 4.78 is 10.0. The highest BCUT2D eigenvalue weighted by Gasteiger charge is 2.49. The van der Waals surface area contributed by atoms with Gasteiger partial charge in [-0.15, -0.1) is 0 Å². The first kappa shape index (κ1) is 30.1. The molecule has 2 amide bonds. The average Bonchev–Trinajstić information content (AvgIpc) is 3.03. The molecule has 3 atom stereocenters. The van der Waals surface area contributed by atoms with Gasteiger partial charge in [0.25, 0.3) is 0 Å². The number of ether oxygens (including phenoxy) is 2. The van der Waals surface area contributed by atoms with Gasteiger partial charge in [-0.2, -0.15) is 0 Å². The molecule has 0 radical (unpaired) electrons. The van der Waals surface area contributed by atoms with Crippen LogP contribution >= 0.6 is 0 Å². The molecule has 8 heteroatoms. The van der Waals surface area contributed by atoms with E-state index in [0.29, 0.717) is 19.5 Å². The number of urea groups is 1. The van der Waals surface area contributed by atoms with E-state index in [1.54, 1.807) is 7.11 Å². The van der Waals surface area contributed by atoms with Crippen LogP contribution in [0.15, 0.2) is 78.9 Å². The van der Waals surface area contributed by atoms with Crippen LogP contribution in [0.5, 0.6) is 5.75 Å². The van der Waals surface area contributed by atoms with E-state index < -0.39 is 0 Å². The quantitative estimate of drug-likeness (QED) is 0.228. The predicted octanol–water partition coefficient (Wildman–Crippen LogP) is 4.71. The van der Waals surface area contributed by atoms with Crippen LogP contribution in [0.25, 0.3) is 0 Å². The van der Waals surface area contributed by atoms with Gasteiger partial charge >= 0.3 is 12.0 Å². The van der Waals surface area contributed by atoms with E-state index in [2.05, 4.69) is 51.6 Å². The molecule has 43 heavy (non-hydrogen) atoms. The van der Waals surface area contributed by atoms with Gasteiger partial charge in [0.2, 0.25) is 0 Å². The average molecular weight is 581 g/mol. The van der Waals surface area contributed by atoms with Crippen LogP contribution in [0.3, 0.4) is 0 Å². The third-order valence-electron chi connectivity index (χ3n) is 8.32. The summed E-state index contributed by atoms with van der Waals surface area (Å²) in [7, 11) is 3.04. The number of hydrogen-bond donors (Lipinski definition) is 2. The summed E-state index contributed by atoms with van der Waals surface area (Å²) in [5.74, 6) is 7.28. The Labute approximate surface area is 254 Å². The fourth-order valence-electron chi connectivity index (χ4n) is 6.02. The molecule has 3 aromatic rings. The molecule has 0 aliphatic carbocycles. The molecule has 0 saturated carbocycles. The number of hydrogen-bond acceptors (Lipinski definition) is 6. The summed E-state index contributed by atoms with van der Waals surface area (Å²) in [5.41, 5.74) is 3.94. The van der Waals surface area contributed by atoms with Crippen molar-refractivity contribution in [1.29, 1.82) is 0 Å². The van der Waals surface area contributed by atoms with Gasteiger partial charge in [-0.25, -0.2) is 4.79 Å². The van der Waals surface area contributed by atoms with Crippen molar-refractivity contribution in [3.8, 4) is 17.6 Å². The molecule has 8 nitrogen and oxygen atoms in total. The Morgan fingerprint density at radius 1 is 0.884 bits per heavy atom. The van der Waals surface area contributed by atoms with E-state index in [9.17, 15) is 9.59 Å². The Bertz CT molecular complexity index is 1420. The minimum Gasteiger partial charge on any atom is -0.497 e. The van der Waals surface area contributed by atoms with Crippen molar-refractivity contribution in [3.05, 3.63) is 95.6 Å². The van der Waals surface area contributed by atoms with Crippen LogP contribution < -0.4 is 15.4 Å². The summed E-state index contributed by atoms with van der Waals surface area (Å²) in [4.78, 5) is 29.5. The lowest BCUT2D eigenvalue weighted by atomic mass is 9.73. The molecule has 0 bridgehead atoms. The van der Waals surface area contributed by atoms with Gasteiger partial charge in [-0.3, -0.25) is 9.69 Å². The third kappa shape index (κ3) is 7.75. The number of methoxy groups -OCH3 is 2. The molecule has 2 heterocycles. The smallest absolute Gasteiger partial charge is 0.321 e.